The summed E-state index contributed by atoms with van der Waals surface area (Å²) in [6.45, 7) is 3.00. The molecule has 3 heterocycles. The molecule has 0 spiro atoms. The number of carboxylic acid groups (broad SMARTS) is 1. The van der Waals surface area contributed by atoms with Crippen LogP contribution in [-0.4, -0.2) is 46.1 Å². The Kier molecular flexibility index (Phi) is 6.15. The van der Waals surface area contributed by atoms with Crippen molar-refractivity contribution in [2.75, 3.05) is 23.3 Å². The van der Waals surface area contributed by atoms with Gasteiger partial charge in [0.2, 0.25) is 0 Å². The maximum atomic E-state index is 12.2. The van der Waals surface area contributed by atoms with Crippen molar-refractivity contribution in [1.29, 1.82) is 0 Å². The van der Waals surface area contributed by atoms with Crippen molar-refractivity contribution in [2.24, 2.45) is 0 Å². The number of pyridine rings is 2. The van der Waals surface area contributed by atoms with E-state index < -0.39 is 6.09 Å². The molecule has 1 atom stereocenters. The number of nitrogens with one attached hydrogen (secondary N) is 2. The molecule has 8 nitrogen and oxygen atoms in total. The van der Waals surface area contributed by atoms with Gasteiger partial charge in [-0.2, -0.15) is 0 Å². The Labute approximate surface area is 187 Å². The van der Waals surface area contributed by atoms with Gasteiger partial charge in [0.25, 0.3) is 0 Å². The highest BCUT2D eigenvalue weighted by molar-refractivity contribution is 9.10. The topological polar surface area (TPSA) is 107 Å². The minimum absolute atomic E-state index is 0.108. The fraction of sp³-hybridized carbons (Fsp3) is 0.273. The molecule has 2 aromatic heterocycles. The van der Waals surface area contributed by atoms with E-state index in [2.05, 4.69) is 36.5 Å². The van der Waals surface area contributed by atoms with E-state index in [0.29, 0.717) is 29.3 Å². The lowest BCUT2D eigenvalue weighted by Gasteiger charge is -2.31. The lowest BCUT2D eigenvalue weighted by molar-refractivity contribution is 0.101. The summed E-state index contributed by atoms with van der Waals surface area (Å²) in [6, 6.07) is 8.97. The minimum Gasteiger partial charge on any atom is -0.465 e. The third-order valence-corrected chi connectivity index (χ3v) is 5.81. The SMILES string of the molecule is CC(=O)c1cnc2ccc(Br)cc2c1Nc1ccc(N(C(=O)O)C2CCCNC2)nc1. The maximum Gasteiger partial charge on any atom is 0.413 e. The number of nitrogens with zero attached hydrogens (tertiary/aromatic N) is 3. The summed E-state index contributed by atoms with van der Waals surface area (Å²) in [7, 11) is 0. The van der Waals surface area contributed by atoms with Gasteiger partial charge in [0.1, 0.15) is 5.82 Å². The zero-order valence-electron chi connectivity index (χ0n) is 16.9. The third kappa shape index (κ3) is 4.52. The number of carbonyl (C=O) groups is 2. The Balaban J connectivity index is 1.67. The standard InChI is InChI=1S/C22H22BrN5O3/c1-13(29)18-12-25-19-6-4-14(23)9-17(19)21(18)27-15-5-7-20(26-10-15)28(22(30)31)16-3-2-8-24-11-16/h4-7,9-10,12,16,24H,2-3,8,11H2,1H3,(H,25,27)(H,30,31). The Morgan fingerprint density at radius 2 is 2.06 bits per heavy atom. The molecule has 9 heteroatoms. The molecule has 3 N–H and O–H groups in total. The van der Waals surface area contributed by atoms with Crippen molar-refractivity contribution in [2.45, 2.75) is 25.8 Å². The van der Waals surface area contributed by atoms with Gasteiger partial charge < -0.3 is 15.7 Å². The van der Waals surface area contributed by atoms with E-state index in [4.69, 9.17) is 0 Å². The molecular weight excluding hydrogens is 462 g/mol. The minimum atomic E-state index is -1.02. The average Bonchev–Trinajstić information content (AvgIpc) is 2.76. The highest BCUT2D eigenvalue weighted by Crippen LogP contribution is 2.32. The van der Waals surface area contributed by atoms with Gasteiger partial charge in [0.05, 0.1) is 34.7 Å². The second-order valence-corrected chi connectivity index (χ2v) is 8.36. The molecule has 0 radical (unpaired) electrons. The van der Waals surface area contributed by atoms with Crippen LogP contribution in [0.3, 0.4) is 0 Å². The first-order chi connectivity index (χ1) is 14.9. The van der Waals surface area contributed by atoms with Crippen molar-refractivity contribution in [1.82, 2.24) is 15.3 Å². The van der Waals surface area contributed by atoms with Crippen LogP contribution in [0.1, 0.15) is 30.1 Å². The fourth-order valence-corrected chi connectivity index (χ4v) is 4.17. The number of ketones is 1. The molecule has 1 amide bonds. The number of halogens is 1. The number of amides is 1. The first-order valence-electron chi connectivity index (χ1n) is 9.99. The van der Waals surface area contributed by atoms with Crippen LogP contribution in [0.2, 0.25) is 0 Å². The van der Waals surface area contributed by atoms with E-state index in [9.17, 15) is 14.7 Å². The molecule has 1 aliphatic rings. The zero-order chi connectivity index (χ0) is 22.0. The Morgan fingerprint density at radius 1 is 1.23 bits per heavy atom. The monoisotopic (exact) mass is 483 g/mol. The maximum absolute atomic E-state index is 12.2. The van der Waals surface area contributed by atoms with Crippen LogP contribution in [0.4, 0.5) is 22.0 Å². The van der Waals surface area contributed by atoms with Gasteiger partial charge in [-0.15, -0.1) is 0 Å². The number of anilines is 3. The molecule has 1 aromatic carbocycles. The first-order valence-corrected chi connectivity index (χ1v) is 10.8. The van der Waals surface area contributed by atoms with E-state index >= 15 is 0 Å². The molecule has 160 valence electrons. The average molecular weight is 484 g/mol. The predicted octanol–water partition coefficient (Wildman–Crippen LogP) is 4.57. The molecule has 0 bridgehead atoms. The van der Waals surface area contributed by atoms with Gasteiger partial charge >= 0.3 is 6.09 Å². The summed E-state index contributed by atoms with van der Waals surface area (Å²) in [4.78, 5) is 34.1. The van der Waals surface area contributed by atoms with Gasteiger partial charge in [0.15, 0.2) is 5.78 Å². The molecule has 31 heavy (non-hydrogen) atoms. The molecule has 0 saturated carbocycles. The molecule has 0 aliphatic carbocycles. The summed E-state index contributed by atoms with van der Waals surface area (Å²) < 4.78 is 0.872. The van der Waals surface area contributed by atoms with Crippen molar-refractivity contribution in [3.63, 3.8) is 0 Å². The highest BCUT2D eigenvalue weighted by atomic mass is 79.9. The van der Waals surface area contributed by atoms with Gasteiger partial charge in [-0.3, -0.25) is 14.7 Å². The van der Waals surface area contributed by atoms with Crippen molar-refractivity contribution >= 4 is 55.9 Å². The Bertz CT molecular complexity index is 1130. The quantitative estimate of drug-likeness (QED) is 0.456. The van der Waals surface area contributed by atoms with Crippen molar-refractivity contribution in [3.05, 3.63) is 52.8 Å². The van der Waals surface area contributed by atoms with Gasteiger partial charge in [-0.05, 0) is 56.6 Å². The van der Waals surface area contributed by atoms with Crippen molar-refractivity contribution < 1.29 is 14.7 Å². The smallest absolute Gasteiger partial charge is 0.413 e. The van der Waals surface area contributed by atoms with E-state index in [-0.39, 0.29) is 11.8 Å². The normalized spacial score (nSPS) is 16.1. The van der Waals surface area contributed by atoms with E-state index in [0.717, 1.165) is 34.8 Å². The molecule has 1 unspecified atom stereocenters. The van der Waals surface area contributed by atoms with Gasteiger partial charge in [0, 0.05) is 22.6 Å². The van der Waals surface area contributed by atoms with E-state index in [1.165, 1.54) is 11.8 Å². The molecule has 3 aromatic rings. The van der Waals surface area contributed by atoms with Crippen LogP contribution >= 0.6 is 15.9 Å². The number of rotatable bonds is 5. The Morgan fingerprint density at radius 3 is 2.71 bits per heavy atom. The summed E-state index contributed by atoms with van der Waals surface area (Å²) in [5.74, 6) is 0.268. The summed E-state index contributed by atoms with van der Waals surface area (Å²) in [5.41, 5.74) is 2.50. The molecule has 1 saturated heterocycles. The Hall–Kier alpha value is -3.04. The van der Waals surface area contributed by atoms with Crippen LogP contribution in [0.25, 0.3) is 10.9 Å². The summed E-state index contributed by atoms with van der Waals surface area (Å²) in [5, 5.41) is 17.0. The van der Waals surface area contributed by atoms with Gasteiger partial charge in [-0.25, -0.2) is 9.78 Å². The van der Waals surface area contributed by atoms with Crippen LogP contribution in [-0.2, 0) is 0 Å². The number of Topliss-reactive ketones (excluding diaryl/α,β-unsaturated/α-hetero) is 1. The summed E-state index contributed by atoms with van der Waals surface area (Å²) in [6.07, 6.45) is 3.83. The first kappa shape index (κ1) is 21.2. The number of piperidine rings is 1. The molecular formula is C22H22BrN5O3. The lowest BCUT2D eigenvalue weighted by Crippen LogP contribution is -2.48. The highest BCUT2D eigenvalue weighted by Gasteiger charge is 2.27. The third-order valence-electron chi connectivity index (χ3n) is 5.32. The van der Waals surface area contributed by atoms with Crippen LogP contribution in [0.5, 0.6) is 0 Å². The number of benzene rings is 1. The number of aromatic nitrogens is 2. The number of hydrogen-bond acceptors (Lipinski definition) is 6. The van der Waals surface area contributed by atoms with Gasteiger partial charge in [-0.1, -0.05) is 15.9 Å². The molecule has 1 fully saturated rings. The van der Waals surface area contributed by atoms with E-state index in [1.807, 2.05) is 18.2 Å². The number of fused-ring (bicyclic) bond motifs is 1. The lowest BCUT2D eigenvalue weighted by atomic mass is 10.1. The summed E-state index contributed by atoms with van der Waals surface area (Å²) >= 11 is 3.47. The predicted molar refractivity (Wildman–Crippen MR) is 123 cm³/mol. The van der Waals surface area contributed by atoms with Crippen LogP contribution in [0, 0.1) is 0 Å². The van der Waals surface area contributed by atoms with E-state index in [1.54, 1.807) is 24.5 Å². The largest absolute Gasteiger partial charge is 0.465 e. The second kappa shape index (κ2) is 8.99. The molecule has 1 aliphatic heterocycles. The van der Waals surface area contributed by atoms with Crippen molar-refractivity contribution in [3.8, 4) is 0 Å². The fourth-order valence-electron chi connectivity index (χ4n) is 3.81. The number of carbonyl (C=O) groups excluding carboxylic acids is 1. The van der Waals surface area contributed by atoms with Crippen LogP contribution < -0.4 is 15.5 Å². The second-order valence-electron chi connectivity index (χ2n) is 7.45. The zero-order valence-corrected chi connectivity index (χ0v) is 18.5. The molecule has 4 rings (SSSR count). The van der Waals surface area contributed by atoms with Crippen LogP contribution in [0.15, 0.2) is 47.2 Å². The number of hydrogen-bond donors (Lipinski definition) is 3.